The van der Waals surface area contributed by atoms with Crippen LogP contribution < -0.4 is 16.4 Å². The fourth-order valence-electron chi connectivity index (χ4n) is 1.28. The SMILES string of the molecule is N#Cc1ccc(F)c(CNCCNC(N)=O)c1. The van der Waals surface area contributed by atoms with E-state index in [1.807, 2.05) is 6.07 Å². The Balaban J connectivity index is 2.41. The van der Waals surface area contributed by atoms with Gasteiger partial charge in [-0.15, -0.1) is 0 Å². The van der Waals surface area contributed by atoms with Crippen molar-refractivity contribution in [3.8, 4) is 6.07 Å². The highest BCUT2D eigenvalue weighted by molar-refractivity contribution is 5.71. The molecule has 0 atom stereocenters. The number of amides is 2. The van der Waals surface area contributed by atoms with Crippen LogP contribution in [0.1, 0.15) is 11.1 Å². The molecule has 5 nitrogen and oxygen atoms in total. The molecule has 1 rings (SSSR count). The van der Waals surface area contributed by atoms with Crippen molar-refractivity contribution >= 4 is 6.03 Å². The molecule has 0 heterocycles. The summed E-state index contributed by atoms with van der Waals surface area (Å²) >= 11 is 0. The van der Waals surface area contributed by atoms with Crippen LogP contribution in [0.15, 0.2) is 18.2 Å². The van der Waals surface area contributed by atoms with Crippen molar-refractivity contribution in [2.24, 2.45) is 5.73 Å². The first-order chi connectivity index (χ1) is 8.13. The van der Waals surface area contributed by atoms with Crippen molar-refractivity contribution in [1.29, 1.82) is 5.26 Å². The fourth-order valence-corrected chi connectivity index (χ4v) is 1.28. The smallest absolute Gasteiger partial charge is 0.312 e. The van der Waals surface area contributed by atoms with Crippen LogP contribution in [-0.2, 0) is 6.54 Å². The van der Waals surface area contributed by atoms with E-state index in [4.69, 9.17) is 11.0 Å². The molecule has 0 aromatic heterocycles. The van der Waals surface area contributed by atoms with E-state index >= 15 is 0 Å². The third-order valence-electron chi connectivity index (χ3n) is 2.09. The lowest BCUT2D eigenvalue weighted by Gasteiger charge is -2.06. The number of carbonyl (C=O) groups excluding carboxylic acids is 1. The van der Waals surface area contributed by atoms with Gasteiger partial charge in [0.2, 0.25) is 0 Å². The van der Waals surface area contributed by atoms with Gasteiger partial charge in [-0.1, -0.05) is 0 Å². The van der Waals surface area contributed by atoms with Crippen molar-refractivity contribution in [2.45, 2.75) is 6.54 Å². The third-order valence-corrected chi connectivity index (χ3v) is 2.09. The molecule has 0 fully saturated rings. The Hall–Kier alpha value is -2.13. The first kappa shape index (κ1) is 12.9. The van der Waals surface area contributed by atoms with Crippen molar-refractivity contribution in [2.75, 3.05) is 13.1 Å². The van der Waals surface area contributed by atoms with Crippen LogP contribution in [0.3, 0.4) is 0 Å². The number of hydrogen-bond donors (Lipinski definition) is 3. The number of carbonyl (C=O) groups is 1. The molecule has 0 unspecified atom stereocenters. The lowest BCUT2D eigenvalue weighted by Crippen LogP contribution is -2.35. The largest absolute Gasteiger partial charge is 0.352 e. The van der Waals surface area contributed by atoms with Gasteiger partial charge < -0.3 is 16.4 Å². The molecule has 0 saturated heterocycles. The summed E-state index contributed by atoms with van der Waals surface area (Å²) in [5.74, 6) is -0.362. The zero-order valence-corrected chi connectivity index (χ0v) is 9.16. The van der Waals surface area contributed by atoms with Gasteiger partial charge in [-0.25, -0.2) is 9.18 Å². The predicted octanol–water partition coefficient (Wildman–Crippen LogP) is 0.455. The summed E-state index contributed by atoms with van der Waals surface area (Å²) in [6.07, 6.45) is 0. The number of primary amides is 1. The molecular formula is C11H13FN4O. The molecule has 17 heavy (non-hydrogen) atoms. The van der Waals surface area contributed by atoms with Crippen molar-refractivity contribution in [1.82, 2.24) is 10.6 Å². The maximum Gasteiger partial charge on any atom is 0.312 e. The average Bonchev–Trinajstić information content (AvgIpc) is 2.30. The van der Waals surface area contributed by atoms with E-state index in [1.54, 1.807) is 0 Å². The topological polar surface area (TPSA) is 90.9 Å². The Morgan fingerprint density at radius 3 is 2.88 bits per heavy atom. The summed E-state index contributed by atoms with van der Waals surface area (Å²) in [5.41, 5.74) is 5.71. The average molecular weight is 236 g/mol. The quantitative estimate of drug-likeness (QED) is 0.648. The molecule has 0 aliphatic heterocycles. The highest BCUT2D eigenvalue weighted by Gasteiger charge is 2.02. The lowest BCUT2D eigenvalue weighted by atomic mass is 10.1. The maximum absolute atomic E-state index is 13.3. The van der Waals surface area contributed by atoms with Crippen molar-refractivity contribution in [3.05, 3.63) is 35.1 Å². The van der Waals surface area contributed by atoms with E-state index in [0.717, 1.165) is 0 Å². The molecule has 0 spiro atoms. The van der Waals surface area contributed by atoms with Crippen LogP contribution >= 0.6 is 0 Å². The van der Waals surface area contributed by atoms with Crippen LogP contribution in [-0.4, -0.2) is 19.1 Å². The molecule has 0 bridgehead atoms. The van der Waals surface area contributed by atoms with Gasteiger partial charge in [-0.3, -0.25) is 0 Å². The first-order valence-corrected chi connectivity index (χ1v) is 5.06. The molecule has 0 radical (unpaired) electrons. The molecule has 0 aliphatic carbocycles. The van der Waals surface area contributed by atoms with Gasteiger partial charge in [0.15, 0.2) is 0 Å². The second-order valence-corrected chi connectivity index (χ2v) is 3.39. The van der Waals surface area contributed by atoms with E-state index < -0.39 is 6.03 Å². The van der Waals surface area contributed by atoms with Gasteiger partial charge in [-0.2, -0.15) is 5.26 Å². The number of urea groups is 1. The highest BCUT2D eigenvalue weighted by atomic mass is 19.1. The normalized spacial score (nSPS) is 9.65. The molecule has 0 aliphatic rings. The molecule has 4 N–H and O–H groups in total. The second-order valence-electron chi connectivity index (χ2n) is 3.39. The molecule has 1 aromatic rings. The van der Waals surface area contributed by atoms with E-state index in [-0.39, 0.29) is 5.82 Å². The van der Waals surface area contributed by atoms with Gasteiger partial charge in [-0.05, 0) is 18.2 Å². The highest BCUT2D eigenvalue weighted by Crippen LogP contribution is 2.09. The van der Waals surface area contributed by atoms with Crippen molar-refractivity contribution < 1.29 is 9.18 Å². The van der Waals surface area contributed by atoms with Crippen LogP contribution in [0.5, 0.6) is 0 Å². The lowest BCUT2D eigenvalue weighted by molar-refractivity contribution is 0.249. The molecule has 90 valence electrons. The Bertz CT molecular complexity index is 442. The minimum Gasteiger partial charge on any atom is -0.352 e. The van der Waals surface area contributed by atoms with Gasteiger partial charge in [0.1, 0.15) is 5.82 Å². The Labute approximate surface area is 98.4 Å². The number of benzene rings is 1. The van der Waals surface area contributed by atoms with E-state index in [2.05, 4.69) is 10.6 Å². The predicted molar refractivity (Wildman–Crippen MR) is 60.4 cm³/mol. The minimum absolute atomic E-state index is 0.293. The number of hydrogen-bond acceptors (Lipinski definition) is 3. The fraction of sp³-hybridized carbons (Fsp3) is 0.273. The minimum atomic E-state index is -0.593. The van der Waals surface area contributed by atoms with Crippen molar-refractivity contribution in [3.63, 3.8) is 0 Å². The zero-order chi connectivity index (χ0) is 12.7. The van der Waals surface area contributed by atoms with Gasteiger partial charge >= 0.3 is 6.03 Å². The summed E-state index contributed by atoms with van der Waals surface area (Å²) in [7, 11) is 0. The summed E-state index contributed by atoms with van der Waals surface area (Å²) in [6.45, 7) is 1.13. The van der Waals surface area contributed by atoms with E-state index in [1.165, 1.54) is 18.2 Å². The number of nitrogens with two attached hydrogens (primary N) is 1. The Kier molecular flexibility index (Phi) is 4.91. The first-order valence-electron chi connectivity index (χ1n) is 5.06. The summed E-state index contributed by atoms with van der Waals surface area (Å²) in [6, 6.07) is 5.53. The summed E-state index contributed by atoms with van der Waals surface area (Å²) in [4.78, 5) is 10.4. The van der Waals surface area contributed by atoms with Gasteiger partial charge in [0.05, 0.1) is 11.6 Å². The zero-order valence-electron chi connectivity index (χ0n) is 9.16. The van der Waals surface area contributed by atoms with Gasteiger partial charge in [0, 0.05) is 25.2 Å². The van der Waals surface area contributed by atoms with E-state index in [9.17, 15) is 9.18 Å². The molecule has 6 heteroatoms. The Morgan fingerprint density at radius 1 is 1.47 bits per heavy atom. The molecule has 0 saturated carbocycles. The number of nitrogens with one attached hydrogen (secondary N) is 2. The monoisotopic (exact) mass is 236 g/mol. The molecular weight excluding hydrogens is 223 g/mol. The van der Waals surface area contributed by atoms with Gasteiger partial charge in [0.25, 0.3) is 0 Å². The number of nitrogens with zero attached hydrogens (tertiary/aromatic N) is 1. The third kappa shape index (κ3) is 4.49. The number of rotatable bonds is 5. The summed E-state index contributed by atoms with van der Waals surface area (Å²) < 4.78 is 13.3. The maximum atomic E-state index is 13.3. The van der Waals surface area contributed by atoms with Crippen LogP contribution in [0.25, 0.3) is 0 Å². The molecule has 1 aromatic carbocycles. The van der Waals surface area contributed by atoms with Crippen LogP contribution in [0.2, 0.25) is 0 Å². The van der Waals surface area contributed by atoms with Crippen LogP contribution in [0, 0.1) is 17.1 Å². The second kappa shape index (κ2) is 6.45. The molecule has 2 amide bonds. The number of halogens is 1. The summed E-state index contributed by atoms with van der Waals surface area (Å²) in [5, 5.41) is 14.0. The Morgan fingerprint density at radius 2 is 2.24 bits per heavy atom. The van der Waals surface area contributed by atoms with E-state index in [0.29, 0.717) is 30.8 Å². The number of nitriles is 1. The van der Waals surface area contributed by atoms with Crippen LogP contribution in [0.4, 0.5) is 9.18 Å². The standard InChI is InChI=1S/C11H13FN4O/c12-10-2-1-8(6-13)5-9(10)7-15-3-4-16-11(14)17/h1-2,5,15H,3-4,7H2,(H3,14,16,17).